The number of rotatable bonds is 0. The molecule has 3 fully saturated rings. The fourth-order valence-electron chi connectivity index (χ4n) is 2.81. The number of aliphatic hydroxyl groups excluding tert-OH is 1. The first-order chi connectivity index (χ1) is 7.72. The lowest BCUT2D eigenvalue weighted by Crippen LogP contribution is -2.50. The summed E-state index contributed by atoms with van der Waals surface area (Å²) in [5.74, 6) is 0.551. The first-order valence-corrected chi connectivity index (χ1v) is 6.95. The molecule has 5 heteroatoms. The molecule has 0 amide bonds. The van der Waals surface area contributed by atoms with Gasteiger partial charge in [-0.15, -0.1) is 11.8 Å². The molecule has 3 saturated heterocycles. The summed E-state index contributed by atoms with van der Waals surface area (Å²) in [7, 11) is 0. The average molecular weight is 246 g/mol. The number of hydrogen-bond acceptors (Lipinski definition) is 5. The van der Waals surface area contributed by atoms with Gasteiger partial charge in [-0.05, 0) is 6.42 Å². The minimum absolute atomic E-state index is 0.238. The van der Waals surface area contributed by atoms with E-state index in [9.17, 15) is 5.11 Å². The Hall–Kier alpha value is 0.190. The van der Waals surface area contributed by atoms with E-state index in [4.69, 9.17) is 14.2 Å². The molecule has 1 N–H and O–H groups in total. The first kappa shape index (κ1) is 11.3. The Labute approximate surface area is 99.6 Å². The van der Waals surface area contributed by atoms with Crippen molar-refractivity contribution in [3.05, 3.63) is 0 Å². The van der Waals surface area contributed by atoms with Crippen LogP contribution < -0.4 is 0 Å². The van der Waals surface area contributed by atoms with Crippen LogP contribution in [0.5, 0.6) is 0 Å². The summed E-state index contributed by atoms with van der Waals surface area (Å²) in [6.07, 6.45) is 2.89. The van der Waals surface area contributed by atoms with Gasteiger partial charge in [-0.1, -0.05) is 0 Å². The normalized spacial score (nSPS) is 42.9. The fourth-order valence-corrected chi connectivity index (χ4v) is 4.39. The van der Waals surface area contributed by atoms with Gasteiger partial charge in [0.1, 0.15) is 4.93 Å². The highest BCUT2D eigenvalue weighted by atomic mass is 32.2. The number of thioether (sulfide) groups is 1. The maximum atomic E-state index is 9.78. The molecule has 2 spiro atoms. The molecule has 0 aromatic rings. The van der Waals surface area contributed by atoms with Crippen molar-refractivity contribution in [3.63, 3.8) is 0 Å². The predicted octanol–water partition coefficient (Wildman–Crippen LogP) is 1.12. The Morgan fingerprint density at radius 2 is 1.94 bits per heavy atom. The second kappa shape index (κ2) is 4.14. The molecule has 0 bridgehead atoms. The number of ether oxygens (including phenoxy) is 3. The van der Waals surface area contributed by atoms with Gasteiger partial charge in [0.05, 0.1) is 25.9 Å². The van der Waals surface area contributed by atoms with Crippen LogP contribution in [0.4, 0.5) is 0 Å². The van der Waals surface area contributed by atoms with E-state index in [1.54, 1.807) is 0 Å². The molecule has 92 valence electrons. The zero-order chi connectivity index (χ0) is 11.1. The summed E-state index contributed by atoms with van der Waals surface area (Å²) in [5, 5.41) is 9.78. The molecular weight excluding hydrogens is 228 g/mol. The number of hydrogen-bond donors (Lipinski definition) is 1. The van der Waals surface area contributed by atoms with Crippen molar-refractivity contribution in [2.45, 2.75) is 42.5 Å². The highest BCUT2D eigenvalue weighted by Crippen LogP contribution is 2.49. The van der Waals surface area contributed by atoms with E-state index in [1.807, 2.05) is 11.8 Å². The molecule has 0 saturated carbocycles. The Balaban J connectivity index is 1.75. The maximum absolute atomic E-state index is 9.78. The number of aliphatic hydroxyl groups is 1. The molecule has 0 aromatic heterocycles. The molecule has 4 nitrogen and oxygen atoms in total. The first-order valence-electron chi connectivity index (χ1n) is 5.96. The van der Waals surface area contributed by atoms with Gasteiger partial charge in [0.2, 0.25) is 0 Å². The van der Waals surface area contributed by atoms with Gasteiger partial charge in [-0.3, -0.25) is 0 Å². The third-order valence-corrected chi connectivity index (χ3v) is 4.93. The fraction of sp³-hybridized carbons (Fsp3) is 1.00. The molecule has 3 aliphatic rings. The van der Waals surface area contributed by atoms with Gasteiger partial charge < -0.3 is 19.3 Å². The van der Waals surface area contributed by atoms with E-state index in [0.29, 0.717) is 26.2 Å². The summed E-state index contributed by atoms with van der Waals surface area (Å²) >= 11 is 1.81. The largest absolute Gasteiger partial charge is 0.393 e. The van der Waals surface area contributed by atoms with E-state index in [-0.39, 0.29) is 11.0 Å². The predicted molar refractivity (Wildman–Crippen MR) is 60.3 cm³/mol. The molecule has 0 unspecified atom stereocenters. The topological polar surface area (TPSA) is 47.9 Å². The third kappa shape index (κ3) is 1.99. The lowest BCUT2D eigenvalue weighted by molar-refractivity contribution is -0.203. The van der Waals surface area contributed by atoms with Crippen LogP contribution in [-0.2, 0) is 14.2 Å². The van der Waals surface area contributed by atoms with Gasteiger partial charge >= 0.3 is 0 Å². The molecule has 2 atom stereocenters. The van der Waals surface area contributed by atoms with Crippen molar-refractivity contribution in [2.75, 3.05) is 25.6 Å². The molecule has 3 rings (SSSR count). The SMILES string of the molecule is O[C@@H]1CCO[C@@]2(C1)CC1(CCS2)OCCO1. The van der Waals surface area contributed by atoms with E-state index in [1.165, 1.54) is 0 Å². The second-order valence-electron chi connectivity index (χ2n) is 4.79. The smallest absolute Gasteiger partial charge is 0.172 e. The highest BCUT2D eigenvalue weighted by molar-refractivity contribution is 8.00. The van der Waals surface area contributed by atoms with Gasteiger partial charge in [0, 0.05) is 25.0 Å². The molecular formula is C11H18O4S. The monoisotopic (exact) mass is 246 g/mol. The van der Waals surface area contributed by atoms with Crippen molar-refractivity contribution < 1.29 is 19.3 Å². The Morgan fingerprint density at radius 3 is 2.69 bits per heavy atom. The van der Waals surface area contributed by atoms with Crippen LogP contribution in [0.3, 0.4) is 0 Å². The van der Waals surface area contributed by atoms with E-state index in [2.05, 4.69) is 0 Å². The van der Waals surface area contributed by atoms with Gasteiger partial charge in [-0.25, -0.2) is 0 Å². The zero-order valence-corrected chi connectivity index (χ0v) is 10.1. The maximum Gasteiger partial charge on any atom is 0.172 e. The molecule has 16 heavy (non-hydrogen) atoms. The van der Waals surface area contributed by atoms with Crippen LogP contribution in [0.15, 0.2) is 0 Å². The standard InChI is InChI=1S/C11H18O4S/c12-9-1-3-15-11(7-9)8-10(2-6-16-11)13-4-5-14-10/h9,12H,1-8H2/t9-,11-/m1/s1. The summed E-state index contributed by atoms with van der Waals surface area (Å²) < 4.78 is 17.4. The van der Waals surface area contributed by atoms with Crippen molar-refractivity contribution in [1.82, 2.24) is 0 Å². The summed E-state index contributed by atoms with van der Waals surface area (Å²) in [4.78, 5) is -0.278. The minimum Gasteiger partial charge on any atom is -0.393 e. The Kier molecular flexibility index (Phi) is 2.92. The average Bonchev–Trinajstić information content (AvgIpc) is 2.65. The van der Waals surface area contributed by atoms with Gasteiger partial charge in [-0.2, -0.15) is 0 Å². The van der Waals surface area contributed by atoms with Crippen LogP contribution >= 0.6 is 11.8 Å². The van der Waals surface area contributed by atoms with Crippen LogP contribution in [0.2, 0.25) is 0 Å². The van der Waals surface area contributed by atoms with Crippen molar-refractivity contribution >= 4 is 11.8 Å². The summed E-state index contributed by atoms with van der Waals surface area (Å²) in [6.45, 7) is 2.01. The Bertz CT molecular complexity index is 263. The van der Waals surface area contributed by atoms with E-state index in [0.717, 1.165) is 25.0 Å². The second-order valence-corrected chi connectivity index (χ2v) is 6.23. The quantitative estimate of drug-likeness (QED) is 0.694. The van der Waals surface area contributed by atoms with E-state index < -0.39 is 5.79 Å². The Morgan fingerprint density at radius 1 is 1.12 bits per heavy atom. The summed E-state index contributed by atoms with van der Waals surface area (Å²) in [6, 6.07) is 0. The molecule has 3 aliphatic heterocycles. The lowest BCUT2D eigenvalue weighted by Gasteiger charge is -2.46. The van der Waals surface area contributed by atoms with Gasteiger partial charge in [0.15, 0.2) is 5.79 Å². The van der Waals surface area contributed by atoms with Crippen molar-refractivity contribution in [1.29, 1.82) is 0 Å². The third-order valence-electron chi connectivity index (χ3n) is 3.56. The van der Waals surface area contributed by atoms with Crippen molar-refractivity contribution in [2.24, 2.45) is 0 Å². The summed E-state index contributed by atoms with van der Waals surface area (Å²) in [5.41, 5.74) is 0. The highest BCUT2D eigenvalue weighted by Gasteiger charge is 2.51. The molecule has 0 radical (unpaired) electrons. The zero-order valence-electron chi connectivity index (χ0n) is 9.31. The molecule has 0 aromatic carbocycles. The van der Waals surface area contributed by atoms with Crippen molar-refractivity contribution in [3.8, 4) is 0 Å². The minimum atomic E-state index is -0.428. The lowest BCUT2D eigenvalue weighted by atomic mass is 9.96. The van der Waals surface area contributed by atoms with Crippen LogP contribution in [0.25, 0.3) is 0 Å². The van der Waals surface area contributed by atoms with Crippen LogP contribution in [0, 0.1) is 0 Å². The van der Waals surface area contributed by atoms with Gasteiger partial charge in [0.25, 0.3) is 0 Å². The van der Waals surface area contributed by atoms with E-state index >= 15 is 0 Å². The molecule has 0 aliphatic carbocycles. The molecule has 3 heterocycles. The van der Waals surface area contributed by atoms with Crippen LogP contribution in [-0.4, -0.2) is 47.5 Å². The van der Waals surface area contributed by atoms with Crippen LogP contribution in [0.1, 0.15) is 25.7 Å².